The van der Waals surface area contributed by atoms with Crippen LogP contribution in [0.4, 0.5) is 4.39 Å². The fraction of sp³-hybridized carbons (Fsp3) is 0.296. The molecule has 3 N–H and O–H groups in total. The number of hydrogen-bond acceptors (Lipinski definition) is 7. The molecular weight excluding hydrogens is 449 g/mol. The van der Waals surface area contributed by atoms with Gasteiger partial charge >= 0.3 is 0 Å². The molecular formula is C27H24FN3O4. The number of para-hydroxylation sites is 1. The van der Waals surface area contributed by atoms with Crippen molar-refractivity contribution >= 4 is 0 Å². The summed E-state index contributed by atoms with van der Waals surface area (Å²) < 4.78 is 38.9. The van der Waals surface area contributed by atoms with Crippen molar-refractivity contribution in [2.24, 2.45) is 11.1 Å². The molecule has 6 rings (SSSR count). The molecule has 2 saturated heterocycles. The van der Waals surface area contributed by atoms with E-state index in [1.54, 1.807) is 36.4 Å². The fourth-order valence-electron chi connectivity index (χ4n) is 4.90. The monoisotopic (exact) mass is 473 g/mol. The van der Waals surface area contributed by atoms with E-state index in [0.29, 0.717) is 48.0 Å². The summed E-state index contributed by atoms with van der Waals surface area (Å²) in [5, 5.41) is 12.8. The number of fused-ring (bicyclic) bond motifs is 4. The van der Waals surface area contributed by atoms with Crippen molar-refractivity contribution in [2.45, 2.75) is 18.3 Å². The molecule has 2 atom stereocenters. The highest BCUT2D eigenvalue weighted by molar-refractivity contribution is 5.60. The van der Waals surface area contributed by atoms with Crippen molar-refractivity contribution in [1.29, 1.82) is 5.26 Å². The number of nitrogens with zero attached hydrogens (tertiary/aromatic N) is 1. The summed E-state index contributed by atoms with van der Waals surface area (Å²) in [6.07, 6.45) is 0. The lowest BCUT2D eigenvalue weighted by Crippen LogP contribution is -2.54. The predicted octanol–water partition coefficient (Wildman–Crippen LogP) is 3.85. The van der Waals surface area contributed by atoms with Crippen LogP contribution in [0.5, 0.6) is 17.2 Å². The second-order valence-electron chi connectivity index (χ2n) is 9.72. The van der Waals surface area contributed by atoms with E-state index in [4.69, 9.17) is 24.7 Å². The average Bonchev–Trinajstić information content (AvgIpc) is 3.22. The van der Waals surface area contributed by atoms with Crippen molar-refractivity contribution in [3.8, 4) is 23.3 Å². The van der Waals surface area contributed by atoms with Gasteiger partial charge in [-0.05, 0) is 24.3 Å². The molecule has 3 aliphatic rings. The van der Waals surface area contributed by atoms with E-state index in [2.05, 4.69) is 18.3 Å². The highest BCUT2D eigenvalue weighted by Gasteiger charge is 2.54. The van der Waals surface area contributed by atoms with Gasteiger partial charge in [-0.2, -0.15) is 5.26 Å². The topological polar surface area (TPSA) is 98.8 Å². The summed E-state index contributed by atoms with van der Waals surface area (Å²) in [5.74, 6) is -0.958. The van der Waals surface area contributed by atoms with E-state index >= 15 is 4.39 Å². The van der Waals surface area contributed by atoms with Crippen molar-refractivity contribution < 1.29 is 23.3 Å². The molecule has 0 saturated carbocycles. The first-order valence-electron chi connectivity index (χ1n) is 11.4. The largest absolute Gasteiger partial charge is 0.493 e. The van der Waals surface area contributed by atoms with Crippen LogP contribution in [0.3, 0.4) is 0 Å². The van der Waals surface area contributed by atoms with Crippen molar-refractivity contribution in [3.63, 3.8) is 0 Å². The zero-order chi connectivity index (χ0) is 24.3. The van der Waals surface area contributed by atoms with Crippen molar-refractivity contribution in [1.82, 2.24) is 5.32 Å². The van der Waals surface area contributed by atoms with E-state index in [9.17, 15) is 5.26 Å². The Kier molecular flexibility index (Phi) is 4.88. The smallest absolute Gasteiger partial charge is 0.200 e. The lowest BCUT2D eigenvalue weighted by Gasteiger charge is -2.39. The molecule has 35 heavy (non-hydrogen) atoms. The molecule has 178 valence electrons. The molecule has 3 aromatic carbocycles. The van der Waals surface area contributed by atoms with E-state index in [0.717, 1.165) is 5.56 Å². The van der Waals surface area contributed by atoms with Gasteiger partial charge in [-0.25, -0.2) is 4.39 Å². The average molecular weight is 474 g/mol. The summed E-state index contributed by atoms with van der Waals surface area (Å²) in [5.41, 5.74) is 7.96. The number of ether oxygens (including phenoxy) is 4. The summed E-state index contributed by atoms with van der Waals surface area (Å²) in [7, 11) is 0. The third-order valence-electron chi connectivity index (χ3n) is 6.86. The standard InChI is InChI=1S/C27H24FN3O4/c1-25(13-32-14-25)15-33-19-10-21-24(22(28)11-19)35-23-8-3-2-7-20(23)26(21)16-34-27(30,31-26)18-6-4-5-17(9-18)12-29/h2-11,31H,13-16,30H2,1H3/t26-,27?/m0/s1. The Labute approximate surface area is 202 Å². The molecule has 1 spiro atoms. The highest BCUT2D eigenvalue weighted by Crippen LogP contribution is 2.52. The summed E-state index contributed by atoms with van der Waals surface area (Å²) >= 11 is 0. The summed E-state index contributed by atoms with van der Waals surface area (Å²) in [4.78, 5) is 0. The third-order valence-corrected chi connectivity index (χ3v) is 6.86. The van der Waals surface area contributed by atoms with Gasteiger partial charge in [-0.15, -0.1) is 0 Å². The normalized spacial score (nSPS) is 25.7. The van der Waals surface area contributed by atoms with Crippen LogP contribution < -0.4 is 20.5 Å². The number of nitrogens with one attached hydrogen (secondary N) is 1. The lowest BCUT2D eigenvalue weighted by atomic mass is 9.80. The van der Waals surface area contributed by atoms with Crippen molar-refractivity contribution in [2.75, 3.05) is 26.4 Å². The van der Waals surface area contributed by atoms with Crippen molar-refractivity contribution in [3.05, 3.63) is 88.7 Å². The molecule has 0 aromatic heterocycles. The van der Waals surface area contributed by atoms with E-state index in [1.807, 2.05) is 18.2 Å². The lowest BCUT2D eigenvalue weighted by molar-refractivity contribution is -0.120. The Bertz CT molecular complexity index is 1370. The van der Waals surface area contributed by atoms with Gasteiger partial charge in [-0.3, -0.25) is 11.1 Å². The van der Waals surface area contributed by atoms with Crippen LogP contribution in [-0.2, 0) is 20.9 Å². The Balaban J connectivity index is 1.45. The summed E-state index contributed by atoms with van der Waals surface area (Å²) in [6, 6.07) is 19.6. The molecule has 0 bridgehead atoms. The number of nitrogens with two attached hydrogens (primary N) is 1. The molecule has 3 aliphatic heterocycles. The minimum Gasteiger partial charge on any atom is -0.493 e. The molecule has 3 heterocycles. The van der Waals surface area contributed by atoms with Crippen LogP contribution in [0.1, 0.15) is 29.2 Å². The van der Waals surface area contributed by atoms with Gasteiger partial charge in [0.15, 0.2) is 11.6 Å². The number of hydrogen-bond donors (Lipinski definition) is 2. The van der Waals surface area contributed by atoms with Crippen LogP contribution in [0.2, 0.25) is 0 Å². The minimum atomic E-state index is -1.42. The van der Waals surface area contributed by atoms with Gasteiger partial charge in [0.05, 0.1) is 38.1 Å². The van der Waals surface area contributed by atoms with Gasteiger partial charge in [0, 0.05) is 28.2 Å². The molecule has 1 unspecified atom stereocenters. The Morgan fingerprint density at radius 2 is 1.91 bits per heavy atom. The molecule has 0 radical (unpaired) electrons. The van der Waals surface area contributed by atoms with E-state index in [1.165, 1.54) is 6.07 Å². The first kappa shape index (κ1) is 22.0. The number of nitriles is 1. The molecule has 7 nitrogen and oxygen atoms in total. The van der Waals surface area contributed by atoms with Gasteiger partial charge in [-0.1, -0.05) is 37.3 Å². The van der Waals surface area contributed by atoms with Crippen LogP contribution in [0.15, 0.2) is 60.7 Å². The second-order valence-corrected chi connectivity index (χ2v) is 9.72. The van der Waals surface area contributed by atoms with Gasteiger partial charge in [0.2, 0.25) is 5.85 Å². The molecule has 0 aliphatic carbocycles. The number of rotatable bonds is 4. The Hall–Kier alpha value is -3.48. The maximum absolute atomic E-state index is 15.4. The zero-order valence-corrected chi connectivity index (χ0v) is 19.1. The zero-order valence-electron chi connectivity index (χ0n) is 19.1. The first-order chi connectivity index (χ1) is 16.8. The molecule has 0 amide bonds. The van der Waals surface area contributed by atoms with E-state index in [-0.39, 0.29) is 17.8 Å². The Morgan fingerprint density at radius 3 is 2.69 bits per heavy atom. The summed E-state index contributed by atoms with van der Waals surface area (Å²) in [6.45, 7) is 3.79. The van der Waals surface area contributed by atoms with E-state index < -0.39 is 17.2 Å². The van der Waals surface area contributed by atoms with Crippen LogP contribution >= 0.6 is 0 Å². The first-order valence-corrected chi connectivity index (χ1v) is 11.4. The maximum atomic E-state index is 15.4. The predicted molar refractivity (Wildman–Crippen MR) is 124 cm³/mol. The van der Waals surface area contributed by atoms with Gasteiger partial charge in [0.25, 0.3) is 0 Å². The third kappa shape index (κ3) is 3.48. The van der Waals surface area contributed by atoms with Gasteiger partial charge < -0.3 is 18.9 Å². The quantitative estimate of drug-likeness (QED) is 0.594. The Morgan fingerprint density at radius 1 is 1.09 bits per heavy atom. The van der Waals surface area contributed by atoms with Gasteiger partial charge in [0.1, 0.15) is 17.0 Å². The molecule has 8 heteroatoms. The molecule has 2 fully saturated rings. The number of halogens is 1. The SMILES string of the molecule is CC1(COc2cc(F)c3c(c2)[C@]2(COC(N)(c4cccc(C#N)c4)N2)c2ccccc2O3)COC1. The highest BCUT2D eigenvalue weighted by atomic mass is 19.1. The van der Waals surface area contributed by atoms with Crippen LogP contribution in [0.25, 0.3) is 0 Å². The minimum absolute atomic E-state index is 0.0972. The van der Waals surface area contributed by atoms with Crippen LogP contribution in [0, 0.1) is 22.6 Å². The molecule has 3 aromatic rings. The second kappa shape index (κ2) is 7.77. The maximum Gasteiger partial charge on any atom is 0.200 e. The number of benzene rings is 3. The van der Waals surface area contributed by atoms with Crippen LogP contribution in [-0.4, -0.2) is 26.4 Å². The fourth-order valence-corrected chi connectivity index (χ4v) is 4.90.